The lowest BCUT2D eigenvalue weighted by molar-refractivity contribution is -0.112. The predicted molar refractivity (Wildman–Crippen MR) is 103 cm³/mol. The second-order valence-electron chi connectivity index (χ2n) is 5.46. The average Bonchev–Trinajstić information content (AvgIpc) is 3.15. The third-order valence-corrected chi connectivity index (χ3v) is 4.36. The van der Waals surface area contributed by atoms with Gasteiger partial charge in [-0.15, -0.1) is 11.3 Å². The van der Waals surface area contributed by atoms with Gasteiger partial charge in [-0.1, -0.05) is 42.5 Å². The summed E-state index contributed by atoms with van der Waals surface area (Å²) < 4.78 is 0. The zero-order valence-corrected chi connectivity index (χ0v) is 14.7. The molecular formula is C20H13N3O3S. The Morgan fingerprint density at radius 2 is 1.93 bits per heavy atom. The van der Waals surface area contributed by atoms with Gasteiger partial charge in [-0.25, -0.2) is 9.78 Å². The zero-order valence-electron chi connectivity index (χ0n) is 13.9. The van der Waals surface area contributed by atoms with Crippen LogP contribution in [0.25, 0.3) is 17.3 Å². The summed E-state index contributed by atoms with van der Waals surface area (Å²) in [7, 11) is 0. The van der Waals surface area contributed by atoms with E-state index in [4.69, 9.17) is 5.11 Å². The molecule has 1 amide bonds. The Hall–Kier alpha value is -3.76. The highest BCUT2D eigenvalue weighted by Gasteiger charge is 2.13. The topological polar surface area (TPSA) is 103 Å². The lowest BCUT2D eigenvalue weighted by Gasteiger charge is -2.01. The number of rotatable bonds is 5. The van der Waals surface area contributed by atoms with Crippen molar-refractivity contribution >= 4 is 34.4 Å². The fourth-order valence-corrected chi connectivity index (χ4v) is 3.03. The smallest absolute Gasteiger partial charge is 0.335 e. The third kappa shape index (κ3) is 4.45. The van der Waals surface area contributed by atoms with Crippen molar-refractivity contribution in [1.29, 1.82) is 5.26 Å². The highest BCUT2D eigenvalue weighted by atomic mass is 32.1. The van der Waals surface area contributed by atoms with Gasteiger partial charge in [-0.05, 0) is 23.8 Å². The maximum absolute atomic E-state index is 12.4. The number of carbonyl (C=O) groups excluding carboxylic acids is 1. The quantitative estimate of drug-likeness (QED) is 0.517. The number of nitrogens with zero attached hydrogens (tertiary/aromatic N) is 2. The van der Waals surface area contributed by atoms with Gasteiger partial charge in [-0.3, -0.25) is 10.1 Å². The first-order valence-electron chi connectivity index (χ1n) is 7.84. The minimum absolute atomic E-state index is 0.0777. The largest absolute Gasteiger partial charge is 0.478 e. The van der Waals surface area contributed by atoms with E-state index in [1.807, 2.05) is 41.8 Å². The van der Waals surface area contributed by atoms with Crippen LogP contribution >= 0.6 is 11.3 Å². The number of benzene rings is 2. The molecule has 0 unspecified atom stereocenters. The van der Waals surface area contributed by atoms with Crippen LogP contribution in [0, 0.1) is 11.3 Å². The molecule has 0 atom stereocenters. The van der Waals surface area contributed by atoms with Gasteiger partial charge in [0, 0.05) is 10.9 Å². The SMILES string of the molecule is N#CC(=Cc1cccc(C(=O)O)c1)C(=O)Nc1nc(-c2ccccc2)cs1. The molecule has 7 heteroatoms. The van der Waals surface area contributed by atoms with Gasteiger partial charge in [0.2, 0.25) is 0 Å². The predicted octanol–water partition coefficient (Wildman–Crippen LogP) is 4.05. The first kappa shape index (κ1) is 18.0. The summed E-state index contributed by atoms with van der Waals surface area (Å²) in [5.74, 6) is -1.68. The van der Waals surface area contributed by atoms with E-state index in [0.29, 0.717) is 10.7 Å². The second-order valence-corrected chi connectivity index (χ2v) is 6.32. The van der Waals surface area contributed by atoms with Crippen LogP contribution in [-0.4, -0.2) is 22.0 Å². The Balaban J connectivity index is 1.78. The molecule has 6 nitrogen and oxygen atoms in total. The molecule has 0 spiro atoms. The highest BCUT2D eigenvalue weighted by Crippen LogP contribution is 2.25. The van der Waals surface area contributed by atoms with Crippen molar-refractivity contribution in [3.63, 3.8) is 0 Å². The van der Waals surface area contributed by atoms with Crippen molar-refractivity contribution in [3.8, 4) is 17.3 Å². The summed E-state index contributed by atoms with van der Waals surface area (Å²) in [6.45, 7) is 0. The molecule has 0 aliphatic rings. The number of aromatic carboxylic acids is 1. The van der Waals surface area contributed by atoms with Crippen LogP contribution in [0.1, 0.15) is 15.9 Å². The molecule has 0 fully saturated rings. The van der Waals surface area contributed by atoms with Crippen LogP contribution in [-0.2, 0) is 4.79 Å². The van der Waals surface area contributed by atoms with Crippen LogP contribution in [0.3, 0.4) is 0 Å². The fourth-order valence-electron chi connectivity index (χ4n) is 2.31. The summed E-state index contributed by atoms with van der Waals surface area (Å²) in [6, 6.07) is 17.4. The van der Waals surface area contributed by atoms with E-state index >= 15 is 0 Å². The van der Waals surface area contributed by atoms with Gasteiger partial charge < -0.3 is 5.11 Å². The number of thiazole rings is 1. The summed E-state index contributed by atoms with van der Waals surface area (Å²) in [5.41, 5.74) is 2.04. The summed E-state index contributed by atoms with van der Waals surface area (Å²) >= 11 is 1.26. The van der Waals surface area contributed by atoms with E-state index in [0.717, 1.165) is 11.3 Å². The van der Waals surface area contributed by atoms with Gasteiger partial charge in [0.25, 0.3) is 5.91 Å². The van der Waals surface area contributed by atoms with Crippen LogP contribution in [0.15, 0.2) is 65.6 Å². The molecule has 3 rings (SSSR count). The molecule has 1 aromatic heterocycles. The normalized spacial score (nSPS) is 10.9. The number of carbonyl (C=O) groups is 2. The van der Waals surface area contributed by atoms with Crippen molar-refractivity contribution in [3.05, 3.63) is 76.7 Å². The van der Waals surface area contributed by atoms with Gasteiger partial charge >= 0.3 is 5.97 Å². The van der Waals surface area contributed by atoms with Crippen molar-refractivity contribution in [2.75, 3.05) is 5.32 Å². The minimum atomic E-state index is -1.08. The van der Waals surface area contributed by atoms with E-state index in [9.17, 15) is 14.9 Å². The zero-order chi connectivity index (χ0) is 19.2. The molecule has 2 aromatic carbocycles. The fraction of sp³-hybridized carbons (Fsp3) is 0. The Kier molecular flexibility index (Phi) is 5.40. The van der Waals surface area contributed by atoms with E-state index in [1.54, 1.807) is 12.1 Å². The van der Waals surface area contributed by atoms with Gasteiger partial charge in [0.05, 0.1) is 11.3 Å². The maximum atomic E-state index is 12.4. The highest BCUT2D eigenvalue weighted by molar-refractivity contribution is 7.14. The number of anilines is 1. The van der Waals surface area contributed by atoms with Crippen molar-refractivity contribution < 1.29 is 14.7 Å². The van der Waals surface area contributed by atoms with Crippen molar-refractivity contribution in [2.24, 2.45) is 0 Å². The Bertz CT molecular complexity index is 1070. The molecule has 132 valence electrons. The van der Waals surface area contributed by atoms with Gasteiger partial charge in [0.15, 0.2) is 5.13 Å². The van der Waals surface area contributed by atoms with Crippen molar-refractivity contribution in [1.82, 2.24) is 4.98 Å². The van der Waals surface area contributed by atoms with E-state index in [1.165, 1.54) is 29.5 Å². The van der Waals surface area contributed by atoms with Gasteiger partial charge in [-0.2, -0.15) is 5.26 Å². The molecule has 1 heterocycles. The van der Waals surface area contributed by atoms with Crippen LogP contribution in [0.2, 0.25) is 0 Å². The molecule has 27 heavy (non-hydrogen) atoms. The molecule has 0 bridgehead atoms. The van der Waals surface area contributed by atoms with E-state index < -0.39 is 11.9 Å². The minimum Gasteiger partial charge on any atom is -0.478 e. The number of amides is 1. The molecule has 0 saturated heterocycles. The van der Waals surface area contributed by atoms with Gasteiger partial charge in [0.1, 0.15) is 11.6 Å². The first-order chi connectivity index (χ1) is 13.1. The number of aromatic nitrogens is 1. The second kappa shape index (κ2) is 8.08. The van der Waals surface area contributed by atoms with Crippen LogP contribution < -0.4 is 5.32 Å². The molecule has 0 radical (unpaired) electrons. The number of carboxylic acids is 1. The monoisotopic (exact) mass is 375 g/mol. The van der Waals surface area contributed by atoms with Crippen molar-refractivity contribution in [2.45, 2.75) is 0 Å². The number of hydrogen-bond donors (Lipinski definition) is 2. The maximum Gasteiger partial charge on any atom is 0.335 e. The molecule has 0 aliphatic heterocycles. The van der Waals surface area contributed by atoms with Crippen LogP contribution in [0.5, 0.6) is 0 Å². The third-order valence-electron chi connectivity index (χ3n) is 3.60. The summed E-state index contributed by atoms with van der Waals surface area (Å²) in [6.07, 6.45) is 1.34. The number of nitriles is 1. The van der Waals surface area contributed by atoms with E-state index in [-0.39, 0.29) is 11.1 Å². The molecule has 3 aromatic rings. The molecular weight excluding hydrogens is 362 g/mol. The lowest BCUT2D eigenvalue weighted by atomic mass is 10.1. The number of nitrogens with one attached hydrogen (secondary N) is 1. The average molecular weight is 375 g/mol. The Morgan fingerprint density at radius 3 is 2.63 bits per heavy atom. The van der Waals surface area contributed by atoms with Crippen LogP contribution in [0.4, 0.5) is 5.13 Å². The number of carboxylic acid groups (broad SMARTS) is 1. The Labute approximate surface area is 159 Å². The standard InChI is InChI=1S/C20H13N3O3S/c21-11-16(10-13-5-4-8-15(9-13)19(25)26)18(24)23-20-22-17(12-27-20)14-6-2-1-3-7-14/h1-10,12H,(H,25,26)(H,22,23,24). The summed E-state index contributed by atoms with van der Waals surface area (Å²) in [5, 5.41) is 23.1. The van der Waals surface area contributed by atoms with E-state index in [2.05, 4.69) is 10.3 Å². The molecule has 0 saturated carbocycles. The molecule has 2 N–H and O–H groups in total. The molecule has 0 aliphatic carbocycles. The Morgan fingerprint density at radius 1 is 1.15 bits per heavy atom. The lowest BCUT2D eigenvalue weighted by Crippen LogP contribution is -2.13. The number of hydrogen-bond acceptors (Lipinski definition) is 5. The summed E-state index contributed by atoms with van der Waals surface area (Å²) in [4.78, 5) is 27.7. The first-order valence-corrected chi connectivity index (χ1v) is 8.72.